The van der Waals surface area contributed by atoms with Crippen LogP contribution in [-0.4, -0.2) is 29.4 Å². The normalized spacial score (nSPS) is 12.2. The van der Waals surface area contributed by atoms with Crippen molar-refractivity contribution in [3.63, 3.8) is 0 Å². The Bertz CT molecular complexity index is 1420. The zero-order valence-corrected chi connectivity index (χ0v) is 18.9. The number of nitrogens with zero attached hydrogens (tertiary/aromatic N) is 6. The zero-order valence-electron chi connectivity index (χ0n) is 17.4. The van der Waals surface area contributed by atoms with E-state index in [0.717, 1.165) is 34.0 Å². The molecule has 0 spiro atoms. The summed E-state index contributed by atoms with van der Waals surface area (Å²) in [7, 11) is 0. The van der Waals surface area contributed by atoms with E-state index in [1.165, 1.54) is 6.33 Å². The second-order valence-electron chi connectivity index (χ2n) is 7.48. The molecule has 0 bridgehead atoms. The van der Waals surface area contributed by atoms with Gasteiger partial charge in [-0.1, -0.05) is 35.3 Å². The van der Waals surface area contributed by atoms with Gasteiger partial charge in [-0.05, 0) is 55.8 Å². The zero-order chi connectivity index (χ0) is 22.2. The average molecular weight is 464 g/mol. The molecule has 1 unspecified atom stereocenters. The van der Waals surface area contributed by atoms with Crippen LogP contribution in [0.3, 0.4) is 0 Å². The first-order chi connectivity index (χ1) is 15.5. The molecule has 7 nitrogen and oxygen atoms in total. The maximum Gasteiger partial charge on any atom is 0.155 e. The maximum absolute atomic E-state index is 6.20. The molecular formula is C23H19Cl2N7. The summed E-state index contributed by atoms with van der Waals surface area (Å²) in [5.74, 6) is 1.44. The highest BCUT2D eigenvalue weighted by molar-refractivity contribution is 6.42. The lowest BCUT2D eigenvalue weighted by atomic mass is 10.1. The molecule has 0 saturated heterocycles. The number of nitrogens with one attached hydrogen (secondary N) is 1. The second kappa shape index (κ2) is 8.26. The van der Waals surface area contributed by atoms with E-state index in [2.05, 4.69) is 20.4 Å². The van der Waals surface area contributed by atoms with Crippen molar-refractivity contribution in [2.75, 3.05) is 5.32 Å². The fourth-order valence-electron chi connectivity index (χ4n) is 3.53. The number of halogens is 2. The largest absolute Gasteiger partial charge is 0.362 e. The van der Waals surface area contributed by atoms with Crippen LogP contribution in [0.5, 0.6) is 0 Å². The topological polar surface area (TPSA) is 72.9 Å². The van der Waals surface area contributed by atoms with Crippen molar-refractivity contribution in [3.05, 3.63) is 88.4 Å². The fraction of sp³-hybridized carbons (Fsp3) is 0.130. The summed E-state index contributed by atoms with van der Waals surface area (Å²) in [6.07, 6.45) is 3.46. The van der Waals surface area contributed by atoms with E-state index in [1.54, 1.807) is 10.6 Å². The van der Waals surface area contributed by atoms with Gasteiger partial charge < -0.3 is 5.32 Å². The van der Waals surface area contributed by atoms with E-state index in [-0.39, 0.29) is 6.04 Å². The molecule has 0 aliphatic carbocycles. The van der Waals surface area contributed by atoms with E-state index < -0.39 is 0 Å². The van der Waals surface area contributed by atoms with Crippen LogP contribution in [0.2, 0.25) is 10.0 Å². The minimum atomic E-state index is -0.0377. The van der Waals surface area contributed by atoms with Crippen LogP contribution in [0.15, 0.2) is 67.1 Å². The van der Waals surface area contributed by atoms with Crippen molar-refractivity contribution in [2.24, 2.45) is 0 Å². The molecule has 4 aromatic heterocycles. The molecular weight excluding hydrogens is 445 g/mol. The van der Waals surface area contributed by atoms with Crippen LogP contribution in [0.25, 0.3) is 22.7 Å². The average Bonchev–Trinajstić information content (AvgIpc) is 3.42. The minimum absolute atomic E-state index is 0.0377. The molecule has 1 aromatic carbocycles. The summed E-state index contributed by atoms with van der Waals surface area (Å²) in [6, 6.07) is 17.4. The third-order valence-corrected chi connectivity index (χ3v) is 5.92. The molecule has 1 N–H and O–H groups in total. The van der Waals surface area contributed by atoms with Gasteiger partial charge in [0.2, 0.25) is 0 Å². The Morgan fingerprint density at radius 2 is 1.88 bits per heavy atom. The molecule has 0 saturated carbocycles. The number of aryl methyl sites for hydroxylation is 1. The van der Waals surface area contributed by atoms with Gasteiger partial charge >= 0.3 is 0 Å². The molecule has 9 heteroatoms. The van der Waals surface area contributed by atoms with E-state index in [1.807, 2.05) is 73.3 Å². The molecule has 0 aliphatic rings. The number of anilines is 1. The van der Waals surface area contributed by atoms with Crippen LogP contribution in [0.1, 0.15) is 24.2 Å². The number of pyridine rings is 2. The van der Waals surface area contributed by atoms with Crippen molar-refractivity contribution < 1.29 is 0 Å². The fourth-order valence-corrected chi connectivity index (χ4v) is 3.84. The molecule has 160 valence electrons. The smallest absolute Gasteiger partial charge is 0.155 e. The van der Waals surface area contributed by atoms with Crippen LogP contribution in [0, 0.1) is 6.92 Å². The van der Waals surface area contributed by atoms with Crippen molar-refractivity contribution in [2.45, 2.75) is 19.9 Å². The van der Waals surface area contributed by atoms with Gasteiger partial charge in [-0.25, -0.2) is 19.2 Å². The molecule has 4 heterocycles. The summed E-state index contributed by atoms with van der Waals surface area (Å²) in [6.45, 7) is 4.00. The summed E-state index contributed by atoms with van der Waals surface area (Å²) in [5, 5.41) is 13.6. The van der Waals surface area contributed by atoms with Gasteiger partial charge in [-0.2, -0.15) is 5.10 Å². The van der Waals surface area contributed by atoms with Crippen molar-refractivity contribution in [1.29, 1.82) is 0 Å². The van der Waals surface area contributed by atoms with E-state index in [9.17, 15) is 0 Å². The summed E-state index contributed by atoms with van der Waals surface area (Å²) < 4.78 is 3.57. The van der Waals surface area contributed by atoms with Crippen LogP contribution in [0.4, 0.5) is 5.82 Å². The lowest BCUT2D eigenvalue weighted by Crippen LogP contribution is -2.08. The summed E-state index contributed by atoms with van der Waals surface area (Å²) in [4.78, 5) is 8.88. The monoisotopic (exact) mass is 463 g/mol. The van der Waals surface area contributed by atoms with Gasteiger partial charge in [0.05, 0.1) is 21.8 Å². The molecule has 0 fully saturated rings. The van der Waals surface area contributed by atoms with Gasteiger partial charge in [0.1, 0.15) is 12.1 Å². The van der Waals surface area contributed by atoms with E-state index >= 15 is 0 Å². The predicted octanol–water partition coefficient (Wildman–Crippen LogP) is 5.77. The van der Waals surface area contributed by atoms with Gasteiger partial charge in [-0.3, -0.25) is 0 Å². The summed E-state index contributed by atoms with van der Waals surface area (Å²) >= 11 is 12.3. The molecule has 5 aromatic rings. The van der Waals surface area contributed by atoms with Crippen molar-refractivity contribution >= 4 is 34.7 Å². The van der Waals surface area contributed by atoms with Crippen molar-refractivity contribution in [1.82, 2.24) is 29.4 Å². The quantitative estimate of drug-likeness (QED) is 0.358. The lowest BCUT2D eigenvalue weighted by molar-refractivity contribution is 0.822. The Labute approximate surface area is 194 Å². The van der Waals surface area contributed by atoms with Gasteiger partial charge in [0, 0.05) is 23.5 Å². The van der Waals surface area contributed by atoms with Gasteiger partial charge in [0.25, 0.3) is 0 Å². The highest BCUT2D eigenvalue weighted by Crippen LogP contribution is 2.30. The van der Waals surface area contributed by atoms with Gasteiger partial charge in [-0.15, -0.1) is 5.10 Å². The Kier molecular flexibility index (Phi) is 5.28. The highest BCUT2D eigenvalue weighted by atomic mass is 35.5. The van der Waals surface area contributed by atoms with Crippen LogP contribution in [-0.2, 0) is 0 Å². The number of hydrogen-bond donors (Lipinski definition) is 1. The maximum atomic E-state index is 6.20. The number of fused-ring (bicyclic) bond motifs is 1. The van der Waals surface area contributed by atoms with Gasteiger partial charge in [0.15, 0.2) is 11.5 Å². The Morgan fingerprint density at radius 1 is 1.00 bits per heavy atom. The molecule has 1 atom stereocenters. The number of rotatable bonds is 5. The number of aromatic nitrogens is 6. The number of benzene rings is 1. The first-order valence-electron chi connectivity index (χ1n) is 10.0. The summed E-state index contributed by atoms with van der Waals surface area (Å²) in [5.41, 5.74) is 4.51. The Morgan fingerprint density at radius 3 is 2.69 bits per heavy atom. The Hall–Kier alpha value is -3.42. The number of hydrogen-bond acceptors (Lipinski definition) is 5. The third kappa shape index (κ3) is 3.92. The van der Waals surface area contributed by atoms with Crippen LogP contribution < -0.4 is 5.32 Å². The Balaban J connectivity index is 1.56. The SMILES string of the molecule is Cc1cccc(-n2nc(NC(C)c3ccc(Cl)c(Cl)c3)cc2-c2ccc3ncnn3c2)n1. The first-order valence-corrected chi connectivity index (χ1v) is 10.8. The van der Waals surface area contributed by atoms with Crippen LogP contribution >= 0.6 is 23.2 Å². The third-order valence-electron chi connectivity index (χ3n) is 5.18. The molecule has 0 amide bonds. The van der Waals surface area contributed by atoms with Crippen molar-refractivity contribution in [3.8, 4) is 17.1 Å². The molecule has 0 aliphatic heterocycles. The standard InChI is InChI=1S/C23H19Cl2N7/c1-14-4-3-5-23(28-14)32-20(17-7-9-22-26-13-27-31(22)12-17)11-21(30-32)29-15(2)16-6-8-18(24)19(25)10-16/h3-13,15H,1-2H3,(H,29,30). The van der Waals surface area contributed by atoms with E-state index in [0.29, 0.717) is 15.9 Å². The first kappa shape index (κ1) is 20.5. The van der Waals surface area contributed by atoms with E-state index in [4.69, 9.17) is 28.3 Å². The highest BCUT2D eigenvalue weighted by Gasteiger charge is 2.16. The molecule has 5 rings (SSSR count). The predicted molar refractivity (Wildman–Crippen MR) is 127 cm³/mol. The second-order valence-corrected chi connectivity index (χ2v) is 8.30. The lowest BCUT2D eigenvalue weighted by Gasteiger charge is -2.14. The molecule has 0 radical (unpaired) electrons. The minimum Gasteiger partial charge on any atom is -0.362 e. The molecule has 32 heavy (non-hydrogen) atoms.